The van der Waals surface area contributed by atoms with Crippen LogP contribution < -0.4 is 15.5 Å². The molecule has 2 aromatic carbocycles. The summed E-state index contributed by atoms with van der Waals surface area (Å²) in [4.78, 5) is 36.2. The van der Waals surface area contributed by atoms with E-state index >= 15 is 0 Å². The van der Waals surface area contributed by atoms with Crippen LogP contribution in [0.1, 0.15) is 21.7 Å². The van der Waals surface area contributed by atoms with Crippen molar-refractivity contribution >= 4 is 22.8 Å². The lowest BCUT2D eigenvalue weighted by Gasteiger charge is -2.07. The molecule has 0 saturated heterocycles. The van der Waals surface area contributed by atoms with E-state index in [2.05, 4.69) is 5.32 Å². The molecule has 1 heterocycles. The smallest absolute Gasteiger partial charge is 0.374 e. The fourth-order valence-corrected chi connectivity index (χ4v) is 2.76. The van der Waals surface area contributed by atoms with E-state index in [9.17, 15) is 14.4 Å². The third-order valence-corrected chi connectivity index (χ3v) is 4.31. The number of carbonyl (C=O) groups excluding carboxylic acids is 2. The minimum Gasteiger partial charge on any atom is -0.497 e. The molecule has 0 aliphatic rings. The SMILES string of the molecule is COc1ccc(CCNC(=O)COC(=O)c2cc(=O)c3cc(C)ccc3o2)cc1. The van der Waals surface area contributed by atoms with Crippen LogP contribution in [0.25, 0.3) is 11.0 Å². The molecule has 0 saturated carbocycles. The van der Waals surface area contributed by atoms with Gasteiger partial charge in [0.2, 0.25) is 5.76 Å². The summed E-state index contributed by atoms with van der Waals surface area (Å²) in [7, 11) is 1.60. The Balaban J connectivity index is 1.50. The first kappa shape index (κ1) is 20.1. The second-order valence-electron chi connectivity index (χ2n) is 6.50. The van der Waals surface area contributed by atoms with Crippen LogP contribution in [0, 0.1) is 6.92 Å². The Morgan fingerprint density at radius 2 is 1.83 bits per heavy atom. The Morgan fingerprint density at radius 3 is 2.55 bits per heavy atom. The van der Waals surface area contributed by atoms with Gasteiger partial charge in [-0.25, -0.2) is 4.79 Å². The number of methoxy groups -OCH3 is 1. The first-order valence-corrected chi connectivity index (χ1v) is 9.07. The maximum Gasteiger partial charge on any atom is 0.374 e. The number of carbonyl (C=O) groups is 2. The predicted molar refractivity (Wildman–Crippen MR) is 107 cm³/mol. The third-order valence-electron chi connectivity index (χ3n) is 4.31. The van der Waals surface area contributed by atoms with Gasteiger partial charge in [-0.3, -0.25) is 9.59 Å². The number of aryl methyl sites for hydroxylation is 1. The van der Waals surface area contributed by atoms with Crippen LogP contribution in [0.2, 0.25) is 0 Å². The van der Waals surface area contributed by atoms with Gasteiger partial charge in [0.15, 0.2) is 12.0 Å². The number of rotatable bonds is 7. The fourth-order valence-electron chi connectivity index (χ4n) is 2.76. The Hall–Kier alpha value is -3.61. The standard InChI is InChI=1S/C22H21NO6/c1-14-3-8-19-17(11-14)18(24)12-20(29-19)22(26)28-13-21(25)23-10-9-15-4-6-16(27-2)7-5-15/h3-8,11-12H,9-10,13H2,1-2H3,(H,23,25). The zero-order valence-electron chi connectivity index (χ0n) is 16.2. The number of fused-ring (bicyclic) bond motifs is 1. The Bertz CT molecular complexity index is 1080. The first-order valence-electron chi connectivity index (χ1n) is 9.07. The van der Waals surface area contributed by atoms with Gasteiger partial charge < -0.3 is 19.2 Å². The van der Waals surface area contributed by atoms with Gasteiger partial charge in [0.25, 0.3) is 5.91 Å². The molecule has 0 radical (unpaired) electrons. The average molecular weight is 395 g/mol. The van der Waals surface area contributed by atoms with Gasteiger partial charge in [-0.15, -0.1) is 0 Å². The van der Waals surface area contributed by atoms with Crippen molar-refractivity contribution in [2.24, 2.45) is 0 Å². The third kappa shape index (κ3) is 5.22. The van der Waals surface area contributed by atoms with Crippen molar-refractivity contribution in [1.29, 1.82) is 0 Å². The van der Waals surface area contributed by atoms with Crippen molar-refractivity contribution in [2.75, 3.05) is 20.3 Å². The summed E-state index contributed by atoms with van der Waals surface area (Å²) in [5.41, 5.74) is 1.90. The monoisotopic (exact) mass is 395 g/mol. The molecule has 1 N–H and O–H groups in total. The number of nitrogens with one attached hydrogen (secondary N) is 1. The lowest BCUT2D eigenvalue weighted by Crippen LogP contribution is -2.30. The molecule has 1 amide bonds. The van der Waals surface area contributed by atoms with Crippen LogP contribution in [-0.4, -0.2) is 32.1 Å². The van der Waals surface area contributed by atoms with Gasteiger partial charge in [0, 0.05) is 12.6 Å². The maximum absolute atomic E-state index is 12.2. The van der Waals surface area contributed by atoms with Crippen LogP contribution in [-0.2, 0) is 16.0 Å². The molecular weight excluding hydrogens is 374 g/mol. The topological polar surface area (TPSA) is 94.8 Å². The molecule has 3 aromatic rings. The summed E-state index contributed by atoms with van der Waals surface area (Å²) in [6.45, 7) is 1.79. The maximum atomic E-state index is 12.2. The van der Waals surface area contributed by atoms with Gasteiger partial charge in [-0.2, -0.15) is 0 Å². The van der Waals surface area contributed by atoms with E-state index in [1.54, 1.807) is 25.3 Å². The molecule has 7 nitrogen and oxygen atoms in total. The van der Waals surface area contributed by atoms with Crippen molar-refractivity contribution < 1.29 is 23.5 Å². The Kier molecular flexibility index (Phi) is 6.29. The van der Waals surface area contributed by atoms with E-state index in [1.165, 1.54) is 0 Å². The molecule has 150 valence electrons. The molecule has 0 bridgehead atoms. The van der Waals surface area contributed by atoms with Gasteiger partial charge in [0.05, 0.1) is 12.5 Å². The van der Waals surface area contributed by atoms with Crippen molar-refractivity contribution in [3.63, 3.8) is 0 Å². The molecule has 0 aliphatic heterocycles. The van der Waals surface area contributed by atoms with Gasteiger partial charge >= 0.3 is 5.97 Å². The lowest BCUT2D eigenvalue weighted by atomic mass is 10.1. The summed E-state index contributed by atoms with van der Waals surface area (Å²) < 4.78 is 15.5. The average Bonchev–Trinajstić information content (AvgIpc) is 2.73. The van der Waals surface area contributed by atoms with Crippen LogP contribution in [0.15, 0.2) is 57.7 Å². The summed E-state index contributed by atoms with van der Waals surface area (Å²) in [6.07, 6.45) is 0.628. The quantitative estimate of drug-likeness (QED) is 0.618. The van der Waals surface area contributed by atoms with E-state index in [0.717, 1.165) is 22.9 Å². The molecule has 7 heteroatoms. The second kappa shape index (κ2) is 9.05. The summed E-state index contributed by atoms with van der Waals surface area (Å²) >= 11 is 0. The van der Waals surface area contributed by atoms with Crippen LogP contribution in [0.3, 0.4) is 0 Å². The van der Waals surface area contributed by atoms with Crippen LogP contribution >= 0.6 is 0 Å². The minimum atomic E-state index is -0.866. The highest BCUT2D eigenvalue weighted by Crippen LogP contribution is 2.15. The molecule has 29 heavy (non-hydrogen) atoms. The normalized spacial score (nSPS) is 10.6. The van der Waals surface area contributed by atoms with Gasteiger partial charge in [-0.05, 0) is 43.2 Å². The molecule has 0 spiro atoms. The highest BCUT2D eigenvalue weighted by Gasteiger charge is 2.15. The zero-order chi connectivity index (χ0) is 20.8. The molecule has 0 aliphatic carbocycles. The number of esters is 1. The molecule has 0 atom stereocenters. The second-order valence-corrected chi connectivity index (χ2v) is 6.50. The van der Waals surface area contributed by atoms with Crippen molar-refractivity contribution in [3.05, 3.63) is 75.6 Å². The highest BCUT2D eigenvalue weighted by molar-refractivity contribution is 5.90. The number of amides is 1. The number of hydrogen-bond acceptors (Lipinski definition) is 6. The number of hydrogen-bond donors (Lipinski definition) is 1. The Labute approximate surface area is 167 Å². The van der Waals surface area contributed by atoms with Gasteiger partial charge in [-0.1, -0.05) is 23.8 Å². The Morgan fingerprint density at radius 1 is 1.07 bits per heavy atom. The summed E-state index contributed by atoms with van der Waals surface area (Å²) in [5.74, 6) is -0.780. The van der Waals surface area contributed by atoms with Crippen molar-refractivity contribution in [2.45, 2.75) is 13.3 Å². The molecule has 0 unspecified atom stereocenters. The van der Waals surface area contributed by atoms with E-state index in [4.69, 9.17) is 13.9 Å². The minimum absolute atomic E-state index is 0.239. The highest BCUT2D eigenvalue weighted by atomic mass is 16.5. The largest absolute Gasteiger partial charge is 0.497 e. The van der Waals surface area contributed by atoms with Crippen molar-refractivity contribution in [1.82, 2.24) is 5.32 Å². The lowest BCUT2D eigenvalue weighted by molar-refractivity contribution is -0.124. The van der Waals surface area contributed by atoms with Crippen molar-refractivity contribution in [3.8, 4) is 5.75 Å². The number of ether oxygens (including phenoxy) is 2. The number of benzene rings is 2. The molecule has 0 fully saturated rings. The van der Waals surface area contributed by atoms with Crippen LogP contribution in [0.4, 0.5) is 0 Å². The fraction of sp³-hybridized carbons (Fsp3) is 0.227. The van der Waals surface area contributed by atoms with E-state index in [-0.39, 0.29) is 11.2 Å². The molecule has 1 aromatic heterocycles. The van der Waals surface area contributed by atoms with Gasteiger partial charge in [0.1, 0.15) is 11.3 Å². The molecular formula is C22H21NO6. The summed E-state index contributed by atoms with van der Waals surface area (Å²) in [6, 6.07) is 13.7. The van der Waals surface area contributed by atoms with E-state index < -0.39 is 18.5 Å². The van der Waals surface area contributed by atoms with E-state index in [1.807, 2.05) is 31.2 Å². The van der Waals surface area contributed by atoms with Crippen LogP contribution in [0.5, 0.6) is 5.75 Å². The molecule has 3 rings (SSSR count). The first-order chi connectivity index (χ1) is 14.0. The predicted octanol–water partition coefficient (Wildman–Crippen LogP) is 2.63. The summed E-state index contributed by atoms with van der Waals surface area (Å²) in [5, 5.41) is 3.06. The van der Waals surface area contributed by atoms with E-state index in [0.29, 0.717) is 23.9 Å². The zero-order valence-corrected chi connectivity index (χ0v) is 16.2.